The van der Waals surface area contributed by atoms with E-state index in [0.717, 1.165) is 10.9 Å². The van der Waals surface area contributed by atoms with Gasteiger partial charge in [-0.25, -0.2) is 0 Å². The summed E-state index contributed by atoms with van der Waals surface area (Å²) >= 11 is 6.02. The Morgan fingerprint density at radius 1 is 1.05 bits per heavy atom. The number of para-hydroxylation sites is 1. The summed E-state index contributed by atoms with van der Waals surface area (Å²) in [6.07, 6.45) is 0.146. The van der Waals surface area contributed by atoms with Crippen LogP contribution in [0, 0.1) is 0 Å². The molecule has 1 aliphatic rings. The molecule has 5 rings (SSSR count). The number of benzene rings is 3. The van der Waals surface area contributed by atoms with Crippen LogP contribution in [0.3, 0.4) is 0 Å². The number of fused-ring (bicyclic) bond motifs is 1. The van der Waals surface area contributed by atoms with E-state index in [0.29, 0.717) is 35.1 Å². The number of morpholine rings is 1. The quantitative estimate of drug-likeness (QED) is 0.301. The average molecular weight is 548 g/mol. The predicted molar refractivity (Wildman–Crippen MR) is 147 cm³/mol. The molecule has 202 valence electrons. The normalized spacial score (nSPS) is 17.2. The molecule has 2 amide bonds. The summed E-state index contributed by atoms with van der Waals surface area (Å²) < 4.78 is 17.7. The maximum atomic E-state index is 13.4. The molecule has 1 atom stereocenters. The van der Waals surface area contributed by atoms with Crippen LogP contribution in [0.2, 0.25) is 5.02 Å². The van der Waals surface area contributed by atoms with Crippen LogP contribution in [-0.2, 0) is 27.3 Å². The van der Waals surface area contributed by atoms with Crippen LogP contribution in [0.5, 0.6) is 5.75 Å². The first-order valence-electron chi connectivity index (χ1n) is 12.8. The van der Waals surface area contributed by atoms with Crippen LogP contribution in [0.1, 0.15) is 17.7 Å². The molecule has 0 bridgehead atoms. The highest BCUT2D eigenvalue weighted by Crippen LogP contribution is 2.27. The fraction of sp³-hybridized carbons (Fsp3) is 0.300. The maximum Gasteiger partial charge on any atom is 0.228 e. The monoisotopic (exact) mass is 547 g/mol. The summed E-state index contributed by atoms with van der Waals surface area (Å²) in [5, 5.41) is 5.52. The van der Waals surface area contributed by atoms with Crippen molar-refractivity contribution in [3.05, 3.63) is 95.1 Å². The van der Waals surface area contributed by atoms with Crippen molar-refractivity contribution in [1.29, 1.82) is 0 Å². The average Bonchev–Trinajstić information content (AvgIpc) is 3.36. The molecule has 1 saturated heterocycles. The summed E-state index contributed by atoms with van der Waals surface area (Å²) in [7, 11) is 1.77. The van der Waals surface area contributed by atoms with E-state index in [-0.39, 0.29) is 44.4 Å². The second-order valence-electron chi connectivity index (χ2n) is 9.80. The SMILES string of the molecule is CN(Cc1ccccc1)C(=O)C[C@@]1(COc2ccc(Cl)cc2)CN(C(=O)Cc2noc3ccccc23)CCO1. The Morgan fingerprint density at radius 2 is 1.79 bits per heavy atom. The highest BCUT2D eigenvalue weighted by Gasteiger charge is 2.42. The number of hydrogen-bond acceptors (Lipinski definition) is 6. The van der Waals surface area contributed by atoms with Gasteiger partial charge in [-0.1, -0.05) is 59.2 Å². The van der Waals surface area contributed by atoms with Gasteiger partial charge in [0.25, 0.3) is 0 Å². The van der Waals surface area contributed by atoms with E-state index < -0.39 is 5.60 Å². The van der Waals surface area contributed by atoms with Gasteiger partial charge in [0, 0.05) is 30.5 Å². The Labute approximate surface area is 232 Å². The number of halogens is 1. The number of hydrogen-bond donors (Lipinski definition) is 0. The number of aromatic nitrogens is 1. The van der Waals surface area contributed by atoms with Crippen molar-refractivity contribution in [2.45, 2.75) is 25.0 Å². The topological polar surface area (TPSA) is 85.1 Å². The molecular formula is C30H30ClN3O5. The highest BCUT2D eigenvalue weighted by atomic mass is 35.5. The Kier molecular flexibility index (Phi) is 8.14. The van der Waals surface area contributed by atoms with Gasteiger partial charge in [0.15, 0.2) is 5.58 Å². The molecule has 0 spiro atoms. The van der Waals surface area contributed by atoms with E-state index in [9.17, 15) is 9.59 Å². The van der Waals surface area contributed by atoms with Crippen LogP contribution in [0.25, 0.3) is 11.0 Å². The van der Waals surface area contributed by atoms with E-state index in [1.807, 2.05) is 54.6 Å². The van der Waals surface area contributed by atoms with Gasteiger partial charge in [0.1, 0.15) is 23.7 Å². The fourth-order valence-electron chi connectivity index (χ4n) is 4.73. The zero-order valence-electron chi connectivity index (χ0n) is 21.7. The van der Waals surface area contributed by atoms with E-state index in [1.165, 1.54) is 0 Å². The van der Waals surface area contributed by atoms with Crippen molar-refractivity contribution in [3.8, 4) is 5.75 Å². The van der Waals surface area contributed by atoms with Crippen LogP contribution in [0.4, 0.5) is 0 Å². The first-order chi connectivity index (χ1) is 18.9. The number of ether oxygens (including phenoxy) is 2. The van der Waals surface area contributed by atoms with Crippen molar-refractivity contribution >= 4 is 34.4 Å². The van der Waals surface area contributed by atoms with Crippen LogP contribution >= 0.6 is 11.6 Å². The van der Waals surface area contributed by atoms with Crippen LogP contribution in [0.15, 0.2) is 83.4 Å². The molecule has 0 unspecified atom stereocenters. The molecule has 1 fully saturated rings. The summed E-state index contributed by atoms with van der Waals surface area (Å²) in [5.74, 6) is 0.388. The lowest BCUT2D eigenvalue weighted by atomic mass is 9.96. The molecule has 1 aromatic heterocycles. The van der Waals surface area contributed by atoms with Crippen molar-refractivity contribution in [1.82, 2.24) is 15.0 Å². The number of carbonyl (C=O) groups is 2. The third-order valence-electron chi connectivity index (χ3n) is 6.85. The molecule has 4 aromatic rings. The number of amides is 2. The molecule has 3 aromatic carbocycles. The molecule has 39 heavy (non-hydrogen) atoms. The zero-order valence-corrected chi connectivity index (χ0v) is 22.5. The summed E-state index contributed by atoms with van der Waals surface area (Å²) in [6.45, 7) is 1.46. The molecule has 0 saturated carbocycles. The van der Waals surface area contributed by atoms with Gasteiger partial charge in [0.05, 0.1) is 26.0 Å². The first kappa shape index (κ1) is 26.7. The highest BCUT2D eigenvalue weighted by molar-refractivity contribution is 6.30. The van der Waals surface area contributed by atoms with Gasteiger partial charge in [-0.2, -0.15) is 0 Å². The molecule has 1 aliphatic heterocycles. The fourth-order valence-corrected chi connectivity index (χ4v) is 4.85. The lowest BCUT2D eigenvalue weighted by molar-refractivity contribution is -0.165. The standard InChI is InChI=1S/C30H30ClN3O5/c1-33(19-22-7-3-2-4-8-22)29(36)18-30(21-37-24-13-11-23(31)12-14-24)20-34(15-16-38-30)28(35)17-26-25-9-5-6-10-27(25)39-32-26/h2-14H,15-21H2,1H3/t30-/m0/s1. The molecule has 9 heteroatoms. The van der Waals surface area contributed by atoms with Gasteiger partial charge >= 0.3 is 0 Å². The predicted octanol–water partition coefficient (Wildman–Crippen LogP) is 4.75. The third-order valence-corrected chi connectivity index (χ3v) is 7.10. The Balaban J connectivity index is 1.32. The molecule has 8 nitrogen and oxygen atoms in total. The lowest BCUT2D eigenvalue weighted by Crippen LogP contribution is -2.58. The van der Waals surface area contributed by atoms with Crippen LogP contribution < -0.4 is 4.74 Å². The van der Waals surface area contributed by atoms with Crippen LogP contribution in [-0.4, -0.2) is 65.7 Å². The van der Waals surface area contributed by atoms with Crippen molar-refractivity contribution in [3.63, 3.8) is 0 Å². The Morgan fingerprint density at radius 3 is 2.59 bits per heavy atom. The second-order valence-corrected chi connectivity index (χ2v) is 10.2. The minimum Gasteiger partial charge on any atom is -0.490 e. The van der Waals surface area contributed by atoms with E-state index in [2.05, 4.69) is 5.16 Å². The van der Waals surface area contributed by atoms with E-state index >= 15 is 0 Å². The van der Waals surface area contributed by atoms with Gasteiger partial charge < -0.3 is 23.8 Å². The lowest BCUT2D eigenvalue weighted by Gasteiger charge is -2.42. The van der Waals surface area contributed by atoms with Crippen molar-refractivity contribution in [2.75, 3.05) is 33.4 Å². The summed E-state index contributed by atoms with van der Waals surface area (Å²) in [5.41, 5.74) is 1.23. The van der Waals surface area contributed by atoms with Gasteiger partial charge in [-0.05, 0) is 42.0 Å². The van der Waals surface area contributed by atoms with E-state index in [1.54, 1.807) is 41.1 Å². The second kappa shape index (κ2) is 11.9. The Hall–Kier alpha value is -3.88. The number of nitrogens with zero attached hydrogens (tertiary/aromatic N) is 3. The first-order valence-corrected chi connectivity index (χ1v) is 13.2. The third kappa shape index (κ3) is 6.58. The van der Waals surface area contributed by atoms with E-state index in [4.69, 9.17) is 25.6 Å². The molecule has 0 aliphatic carbocycles. The molecule has 0 radical (unpaired) electrons. The minimum atomic E-state index is -1.03. The number of rotatable bonds is 9. The van der Waals surface area contributed by atoms with Gasteiger partial charge in [-0.15, -0.1) is 0 Å². The Bertz CT molecular complexity index is 1430. The minimum absolute atomic E-state index is 0.0561. The van der Waals surface area contributed by atoms with Gasteiger partial charge in [-0.3, -0.25) is 9.59 Å². The molecular weight excluding hydrogens is 518 g/mol. The smallest absolute Gasteiger partial charge is 0.228 e. The number of carbonyl (C=O) groups excluding carboxylic acids is 2. The van der Waals surface area contributed by atoms with Crippen molar-refractivity contribution in [2.24, 2.45) is 0 Å². The van der Waals surface area contributed by atoms with Gasteiger partial charge in [0.2, 0.25) is 11.8 Å². The summed E-state index contributed by atoms with van der Waals surface area (Å²) in [4.78, 5) is 30.2. The maximum absolute atomic E-state index is 13.4. The largest absolute Gasteiger partial charge is 0.490 e. The summed E-state index contributed by atoms with van der Waals surface area (Å²) in [6, 6.07) is 24.3. The molecule has 2 heterocycles. The zero-order chi connectivity index (χ0) is 27.2. The van der Waals surface area contributed by atoms with Crippen molar-refractivity contribution < 1.29 is 23.6 Å². The molecule has 0 N–H and O–H groups in total.